The zero-order chi connectivity index (χ0) is 13.1. The molecule has 0 aliphatic heterocycles. The quantitative estimate of drug-likeness (QED) is 0.546. The van der Waals surface area contributed by atoms with Crippen molar-refractivity contribution in [2.75, 3.05) is 6.61 Å². The molecule has 0 aromatic rings. The highest BCUT2D eigenvalue weighted by atomic mass is 16.5. The molecule has 0 saturated heterocycles. The molecule has 0 rings (SSSR count). The monoisotopic (exact) mass is 230 g/mol. The van der Waals surface area contributed by atoms with Crippen molar-refractivity contribution in [2.45, 2.75) is 26.4 Å². The lowest BCUT2D eigenvalue weighted by Gasteiger charge is -2.05. The van der Waals surface area contributed by atoms with Gasteiger partial charge in [0.2, 0.25) is 0 Å². The van der Waals surface area contributed by atoms with E-state index in [1.807, 2.05) is 6.92 Å². The summed E-state index contributed by atoms with van der Waals surface area (Å²) in [5, 5.41) is 16.8. The molecule has 5 nitrogen and oxygen atoms in total. The lowest BCUT2D eigenvalue weighted by atomic mass is 10.3. The number of aliphatic carboxylic acids is 1. The molecule has 0 aliphatic rings. The van der Waals surface area contributed by atoms with Gasteiger partial charge < -0.3 is 14.9 Å². The van der Waals surface area contributed by atoms with Crippen LogP contribution >= 0.6 is 0 Å². The molecule has 2 N–H and O–H groups in total. The van der Waals surface area contributed by atoms with Crippen molar-refractivity contribution in [1.29, 1.82) is 0 Å². The Bertz CT molecular complexity index is 245. The third-order valence-corrected chi connectivity index (χ3v) is 1.42. The summed E-state index contributed by atoms with van der Waals surface area (Å²) < 4.78 is 4.54. The van der Waals surface area contributed by atoms with E-state index in [2.05, 4.69) is 17.9 Å². The Morgan fingerprint density at radius 2 is 1.94 bits per heavy atom. The van der Waals surface area contributed by atoms with Crippen molar-refractivity contribution in [3.63, 3.8) is 0 Å². The summed E-state index contributed by atoms with van der Waals surface area (Å²) in [7, 11) is 0. The number of hydrogen-bond acceptors (Lipinski definition) is 4. The summed E-state index contributed by atoms with van der Waals surface area (Å²) in [6.07, 6.45) is 1.11. The fraction of sp³-hybridized carbons (Fsp3) is 0.455. The summed E-state index contributed by atoms with van der Waals surface area (Å²) in [4.78, 5) is 20.0. The Hall–Kier alpha value is -1.62. The number of carboxylic acid groups (broad SMARTS) is 1. The van der Waals surface area contributed by atoms with Crippen molar-refractivity contribution in [2.24, 2.45) is 0 Å². The Labute approximate surface area is 95.0 Å². The van der Waals surface area contributed by atoms with Crippen LogP contribution in [0.3, 0.4) is 0 Å². The number of aliphatic hydroxyl groups is 1. The molecule has 0 heterocycles. The van der Waals surface area contributed by atoms with Crippen LogP contribution in [-0.4, -0.2) is 34.9 Å². The highest BCUT2D eigenvalue weighted by Gasteiger charge is 2.02. The van der Waals surface area contributed by atoms with Crippen molar-refractivity contribution in [1.82, 2.24) is 0 Å². The average Bonchev–Trinajstić information content (AvgIpc) is 2.25. The van der Waals surface area contributed by atoms with Gasteiger partial charge in [0.25, 0.3) is 0 Å². The molecule has 0 aromatic carbocycles. The van der Waals surface area contributed by atoms with Gasteiger partial charge in [-0.05, 0) is 13.3 Å². The molecule has 0 spiro atoms. The lowest BCUT2D eigenvalue weighted by Crippen LogP contribution is -2.16. The summed E-state index contributed by atoms with van der Waals surface area (Å²) in [5.41, 5.74) is 0.176. The van der Waals surface area contributed by atoms with Gasteiger partial charge in [-0.2, -0.15) is 0 Å². The van der Waals surface area contributed by atoms with Crippen LogP contribution in [-0.2, 0) is 14.3 Å². The molecule has 5 heteroatoms. The van der Waals surface area contributed by atoms with Gasteiger partial charge in [-0.25, -0.2) is 9.59 Å². The minimum Gasteiger partial charge on any atom is -0.478 e. The molecule has 0 amide bonds. The van der Waals surface area contributed by atoms with Gasteiger partial charge in [0.05, 0.1) is 6.10 Å². The van der Waals surface area contributed by atoms with E-state index in [1.165, 1.54) is 6.92 Å². The highest BCUT2D eigenvalue weighted by molar-refractivity contribution is 5.84. The number of ether oxygens (including phenoxy) is 1. The van der Waals surface area contributed by atoms with E-state index in [9.17, 15) is 9.59 Å². The lowest BCUT2D eigenvalue weighted by molar-refractivity contribution is -0.140. The standard InChI is InChI=1S/C7H12O3.C4H6O2/c1-3-6(8)5-10-7(9)4-2;1-3(2)4(5)6/h4,6,8H,2-3,5H2,1H3;1H2,2H3,(H,5,6). The summed E-state index contributed by atoms with van der Waals surface area (Å²) in [5.74, 6) is -1.43. The topological polar surface area (TPSA) is 83.8 Å². The van der Waals surface area contributed by atoms with E-state index in [0.717, 1.165) is 6.08 Å². The molecule has 0 saturated carbocycles. The normalized spacial score (nSPS) is 10.4. The first kappa shape index (κ1) is 16.8. The maximum atomic E-state index is 10.4. The minimum atomic E-state index is -0.935. The van der Waals surface area contributed by atoms with Crippen molar-refractivity contribution in [3.05, 3.63) is 24.8 Å². The van der Waals surface area contributed by atoms with Crippen molar-refractivity contribution < 1.29 is 24.5 Å². The van der Waals surface area contributed by atoms with Crippen LogP contribution in [0, 0.1) is 0 Å². The minimum absolute atomic E-state index is 0.0569. The molecule has 92 valence electrons. The number of hydrogen-bond donors (Lipinski definition) is 2. The second-order valence-corrected chi connectivity index (χ2v) is 2.98. The van der Waals surface area contributed by atoms with E-state index in [0.29, 0.717) is 6.42 Å². The van der Waals surface area contributed by atoms with E-state index in [4.69, 9.17) is 10.2 Å². The van der Waals surface area contributed by atoms with Gasteiger partial charge in [0.1, 0.15) is 6.61 Å². The first-order valence-electron chi connectivity index (χ1n) is 4.71. The molecule has 1 atom stereocenters. The van der Waals surface area contributed by atoms with E-state index < -0.39 is 18.0 Å². The SMILES string of the molecule is C=C(C)C(=O)O.C=CC(=O)OCC(O)CC. The van der Waals surface area contributed by atoms with Gasteiger partial charge in [0, 0.05) is 11.6 Å². The second-order valence-electron chi connectivity index (χ2n) is 2.98. The Kier molecular flexibility index (Phi) is 10.4. The van der Waals surface area contributed by atoms with Crippen LogP contribution in [0.5, 0.6) is 0 Å². The predicted octanol–water partition coefficient (Wildman–Crippen LogP) is 1.13. The number of esters is 1. The van der Waals surface area contributed by atoms with Crippen LogP contribution in [0.1, 0.15) is 20.3 Å². The summed E-state index contributed by atoms with van der Waals surface area (Å²) in [6.45, 7) is 9.68. The smallest absolute Gasteiger partial charge is 0.330 e. The van der Waals surface area contributed by atoms with Gasteiger partial charge in [-0.15, -0.1) is 0 Å². The molecule has 0 bridgehead atoms. The molecule has 16 heavy (non-hydrogen) atoms. The van der Waals surface area contributed by atoms with Crippen LogP contribution in [0.4, 0.5) is 0 Å². The zero-order valence-corrected chi connectivity index (χ0v) is 9.60. The van der Waals surface area contributed by atoms with Crippen LogP contribution in [0.15, 0.2) is 24.8 Å². The van der Waals surface area contributed by atoms with Crippen LogP contribution < -0.4 is 0 Å². The van der Waals surface area contributed by atoms with E-state index in [1.54, 1.807) is 0 Å². The third-order valence-electron chi connectivity index (χ3n) is 1.42. The van der Waals surface area contributed by atoms with Crippen molar-refractivity contribution >= 4 is 11.9 Å². The maximum absolute atomic E-state index is 10.4. The van der Waals surface area contributed by atoms with Gasteiger partial charge in [0.15, 0.2) is 0 Å². The molecule has 1 unspecified atom stereocenters. The van der Waals surface area contributed by atoms with Crippen molar-refractivity contribution in [3.8, 4) is 0 Å². The van der Waals surface area contributed by atoms with E-state index in [-0.39, 0.29) is 12.2 Å². The number of rotatable bonds is 5. The summed E-state index contributed by atoms with van der Waals surface area (Å²) >= 11 is 0. The van der Waals surface area contributed by atoms with Gasteiger partial charge in [-0.1, -0.05) is 20.1 Å². The Balaban J connectivity index is 0. The molecule has 0 radical (unpaired) electrons. The second kappa shape index (κ2) is 9.92. The average molecular weight is 230 g/mol. The third kappa shape index (κ3) is 12.4. The number of aliphatic hydroxyl groups excluding tert-OH is 1. The van der Waals surface area contributed by atoms with Crippen LogP contribution in [0.2, 0.25) is 0 Å². The Morgan fingerprint density at radius 1 is 1.50 bits per heavy atom. The zero-order valence-electron chi connectivity index (χ0n) is 9.60. The largest absolute Gasteiger partial charge is 0.478 e. The first-order valence-corrected chi connectivity index (χ1v) is 4.71. The predicted molar refractivity (Wildman–Crippen MR) is 59.9 cm³/mol. The molecule has 0 fully saturated rings. The Morgan fingerprint density at radius 3 is 2.19 bits per heavy atom. The van der Waals surface area contributed by atoms with Gasteiger partial charge in [-0.3, -0.25) is 0 Å². The number of carbonyl (C=O) groups excluding carboxylic acids is 1. The van der Waals surface area contributed by atoms with E-state index >= 15 is 0 Å². The molecular weight excluding hydrogens is 212 g/mol. The van der Waals surface area contributed by atoms with Gasteiger partial charge >= 0.3 is 11.9 Å². The number of carbonyl (C=O) groups is 2. The fourth-order valence-electron chi connectivity index (χ4n) is 0.355. The molecular formula is C11H18O5. The maximum Gasteiger partial charge on any atom is 0.330 e. The fourth-order valence-corrected chi connectivity index (χ4v) is 0.355. The first-order chi connectivity index (χ1) is 7.34. The number of carboxylic acids is 1. The van der Waals surface area contributed by atoms with Crippen LogP contribution in [0.25, 0.3) is 0 Å². The molecule has 0 aromatic heterocycles. The highest BCUT2D eigenvalue weighted by Crippen LogP contribution is 1.90. The molecule has 0 aliphatic carbocycles. The summed E-state index contributed by atoms with van der Waals surface area (Å²) in [6, 6.07) is 0.